The third kappa shape index (κ3) is 6.01. The molecular formula is C43H62N2O4. The fraction of sp³-hybridized carbons (Fsp3) is 0.698. The van der Waals surface area contributed by atoms with Gasteiger partial charge in [-0.25, -0.2) is 4.79 Å². The minimum Gasteiger partial charge on any atom is -0.478 e. The Morgan fingerprint density at radius 1 is 0.959 bits per heavy atom. The summed E-state index contributed by atoms with van der Waals surface area (Å²) in [6, 6.07) is 7.50. The molecule has 2 N–H and O–H groups in total. The molecule has 6 heteroatoms. The Morgan fingerprint density at radius 2 is 1.69 bits per heavy atom. The van der Waals surface area contributed by atoms with Crippen LogP contribution in [0.5, 0.6) is 0 Å². The summed E-state index contributed by atoms with van der Waals surface area (Å²) < 4.78 is 0. The van der Waals surface area contributed by atoms with Gasteiger partial charge in [0.05, 0.1) is 11.0 Å². The summed E-state index contributed by atoms with van der Waals surface area (Å²) >= 11 is 0. The second-order valence-corrected chi connectivity index (χ2v) is 17.9. The second kappa shape index (κ2) is 13.3. The van der Waals surface area contributed by atoms with Crippen LogP contribution in [0.1, 0.15) is 135 Å². The van der Waals surface area contributed by atoms with Crippen LogP contribution in [0.3, 0.4) is 0 Å². The summed E-state index contributed by atoms with van der Waals surface area (Å²) in [6.07, 6.45) is 15.0. The highest BCUT2D eigenvalue weighted by atomic mass is 16.4. The molecule has 8 unspecified atom stereocenters. The molecule has 268 valence electrons. The van der Waals surface area contributed by atoms with Gasteiger partial charge in [0, 0.05) is 26.1 Å². The Kier molecular flexibility index (Phi) is 9.78. The number of nitrogens with one attached hydrogen (secondary N) is 1. The quantitative estimate of drug-likeness (QED) is 0.283. The molecule has 0 aromatic heterocycles. The van der Waals surface area contributed by atoms with Crippen LogP contribution < -0.4 is 5.32 Å². The van der Waals surface area contributed by atoms with Crippen molar-refractivity contribution in [1.29, 1.82) is 0 Å². The lowest BCUT2D eigenvalue weighted by Gasteiger charge is -2.66. The maximum absolute atomic E-state index is 14.4. The summed E-state index contributed by atoms with van der Waals surface area (Å²) in [5.41, 5.74) is 3.99. The predicted molar refractivity (Wildman–Crippen MR) is 197 cm³/mol. The van der Waals surface area contributed by atoms with Crippen molar-refractivity contribution >= 4 is 23.4 Å². The fourth-order valence-corrected chi connectivity index (χ4v) is 12.0. The van der Waals surface area contributed by atoms with E-state index in [4.69, 9.17) is 0 Å². The van der Waals surface area contributed by atoms with Gasteiger partial charge in [0.25, 0.3) is 0 Å². The number of amides is 2. The molecule has 0 radical (unpaired) electrons. The molecule has 3 saturated carbocycles. The lowest BCUT2D eigenvalue weighted by molar-refractivity contribution is -0.178. The van der Waals surface area contributed by atoms with E-state index in [-0.39, 0.29) is 33.5 Å². The molecule has 2 amide bonds. The normalized spacial score (nSPS) is 37.3. The van der Waals surface area contributed by atoms with Crippen LogP contribution in [0, 0.1) is 51.2 Å². The first-order chi connectivity index (χ1) is 23.2. The summed E-state index contributed by atoms with van der Waals surface area (Å²) in [5.74, 6) is 1.83. The largest absolute Gasteiger partial charge is 0.478 e. The van der Waals surface area contributed by atoms with E-state index in [0.29, 0.717) is 54.7 Å². The lowest BCUT2D eigenvalue weighted by Crippen LogP contribution is -2.61. The molecule has 1 aromatic carbocycles. The van der Waals surface area contributed by atoms with E-state index >= 15 is 0 Å². The van der Waals surface area contributed by atoms with Crippen LogP contribution in [0.4, 0.5) is 0 Å². The number of hydrogen-bond donors (Lipinski definition) is 2. The number of fused-ring (bicyclic) bond motifs is 5. The van der Waals surface area contributed by atoms with Crippen molar-refractivity contribution in [3.63, 3.8) is 0 Å². The molecule has 4 aliphatic carbocycles. The van der Waals surface area contributed by atoms with Crippen LogP contribution in [-0.2, 0) is 9.59 Å². The molecule has 6 nitrogen and oxygen atoms in total. The van der Waals surface area contributed by atoms with Gasteiger partial charge in [0.15, 0.2) is 0 Å². The Balaban J connectivity index is 1.27. The number of benzene rings is 1. The molecule has 1 aromatic rings. The average Bonchev–Trinajstić information content (AvgIpc) is 3.67. The van der Waals surface area contributed by atoms with E-state index in [1.807, 2.05) is 17.0 Å². The van der Waals surface area contributed by atoms with Gasteiger partial charge in [-0.2, -0.15) is 0 Å². The van der Waals surface area contributed by atoms with Gasteiger partial charge >= 0.3 is 5.97 Å². The summed E-state index contributed by atoms with van der Waals surface area (Å²) in [7, 11) is 0. The van der Waals surface area contributed by atoms with Crippen LogP contribution in [0.25, 0.3) is 5.57 Å². The smallest absolute Gasteiger partial charge is 0.335 e. The standard InChI is InChI=1S/C43H62N2O4/c1-28(2)33-20-22-43(39(49)44-25-27-45-26-9-12-36(45)46)24-23-42(7)35(37(33)43)18-17-32-10-8-11-34(30-13-15-31(16-14-30)38(47)48)40(4,5)29(3)19-21-41(32,42)6/h11,13-16,29,32-33,35,37H,1,8-10,12,17-27H2,2-7H3,(H,44,49)(H,47,48). The molecule has 1 saturated heterocycles. The molecular weight excluding hydrogens is 608 g/mol. The van der Waals surface area contributed by atoms with Crippen molar-refractivity contribution in [3.05, 3.63) is 53.6 Å². The van der Waals surface area contributed by atoms with Crippen LogP contribution in [-0.4, -0.2) is 47.4 Å². The number of carboxylic acids is 1. The third-order valence-corrected chi connectivity index (χ3v) is 15.6. The molecule has 49 heavy (non-hydrogen) atoms. The van der Waals surface area contributed by atoms with Gasteiger partial charge in [-0.3, -0.25) is 9.59 Å². The van der Waals surface area contributed by atoms with Crippen LogP contribution in [0.15, 0.2) is 42.5 Å². The second-order valence-electron chi connectivity index (χ2n) is 17.9. The van der Waals surface area contributed by atoms with E-state index in [1.54, 1.807) is 12.1 Å². The number of likely N-dealkylation sites (tertiary alicyclic amines) is 1. The number of aromatic carboxylic acids is 1. The lowest BCUT2D eigenvalue weighted by atomic mass is 9.38. The fourth-order valence-electron chi connectivity index (χ4n) is 12.0. The van der Waals surface area contributed by atoms with Crippen molar-refractivity contribution in [1.82, 2.24) is 10.2 Å². The molecule has 5 aliphatic rings. The van der Waals surface area contributed by atoms with Gasteiger partial charge in [-0.1, -0.05) is 65.0 Å². The summed E-state index contributed by atoms with van der Waals surface area (Å²) in [5, 5.41) is 12.9. The van der Waals surface area contributed by atoms with E-state index in [0.717, 1.165) is 63.5 Å². The molecule has 1 heterocycles. The highest BCUT2D eigenvalue weighted by Crippen LogP contribution is 2.72. The first-order valence-corrected chi connectivity index (χ1v) is 19.4. The van der Waals surface area contributed by atoms with Gasteiger partial charge in [-0.15, -0.1) is 0 Å². The van der Waals surface area contributed by atoms with Crippen molar-refractivity contribution in [3.8, 4) is 0 Å². The Hall–Kier alpha value is -2.89. The maximum atomic E-state index is 14.4. The van der Waals surface area contributed by atoms with Crippen molar-refractivity contribution in [2.24, 2.45) is 51.2 Å². The number of nitrogens with zero attached hydrogens (tertiary/aromatic N) is 1. The van der Waals surface area contributed by atoms with Crippen molar-refractivity contribution < 1.29 is 19.5 Å². The zero-order valence-electron chi connectivity index (χ0n) is 31.2. The number of hydrogen-bond acceptors (Lipinski definition) is 3. The first-order valence-electron chi connectivity index (χ1n) is 19.4. The number of carbonyl (C=O) groups is 3. The first kappa shape index (κ1) is 35.9. The highest BCUT2D eigenvalue weighted by molar-refractivity contribution is 5.88. The summed E-state index contributed by atoms with van der Waals surface area (Å²) in [6.45, 7) is 21.1. The molecule has 6 rings (SSSR count). The minimum absolute atomic E-state index is 0.0566. The van der Waals surface area contributed by atoms with Crippen molar-refractivity contribution in [2.45, 2.75) is 119 Å². The van der Waals surface area contributed by atoms with E-state index < -0.39 is 5.97 Å². The van der Waals surface area contributed by atoms with Gasteiger partial charge in [-0.05, 0) is 147 Å². The maximum Gasteiger partial charge on any atom is 0.335 e. The average molecular weight is 671 g/mol. The Morgan fingerprint density at radius 3 is 2.35 bits per heavy atom. The molecule has 8 atom stereocenters. The molecule has 1 aliphatic heterocycles. The molecule has 0 spiro atoms. The van der Waals surface area contributed by atoms with Gasteiger partial charge < -0.3 is 15.3 Å². The number of rotatable bonds is 7. The van der Waals surface area contributed by atoms with E-state index in [1.165, 1.54) is 30.4 Å². The Bertz CT molecular complexity index is 1490. The van der Waals surface area contributed by atoms with Crippen molar-refractivity contribution in [2.75, 3.05) is 19.6 Å². The topological polar surface area (TPSA) is 86.7 Å². The SMILES string of the molecule is C=C(C)C1CCC2(C(=O)NCCN3CCCC3=O)CCC3(C)C(CCC4CCC=C(c5ccc(C(=O)O)cc5)C(C)(C)C(C)CCC43C)C12. The number of carboxylic acid groups (broad SMARTS) is 1. The monoisotopic (exact) mass is 670 g/mol. The summed E-state index contributed by atoms with van der Waals surface area (Å²) in [4.78, 5) is 40.1. The van der Waals surface area contributed by atoms with E-state index in [9.17, 15) is 19.5 Å². The number of allylic oxidation sites excluding steroid dienone is 3. The van der Waals surface area contributed by atoms with Crippen LogP contribution >= 0.6 is 0 Å². The zero-order valence-corrected chi connectivity index (χ0v) is 31.2. The van der Waals surface area contributed by atoms with E-state index in [2.05, 4.69) is 59.5 Å². The van der Waals surface area contributed by atoms with Gasteiger partial charge in [0.2, 0.25) is 11.8 Å². The highest BCUT2D eigenvalue weighted by Gasteiger charge is 2.67. The zero-order chi connectivity index (χ0) is 35.4. The predicted octanol–water partition coefficient (Wildman–Crippen LogP) is 9.16. The minimum atomic E-state index is -0.884. The Labute approximate surface area is 295 Å². The van der Waals surface area contributed by atoms with Gasteiger partial charge in [0.1, 0.15) is 0 Å². The molecule has 4 fully saturated rings. The molecule has 0 bridgehead atoms. The third-order valence-electron chi connectivity index (χ3n) is 15.6. The van der Waals surface area contributed by atoms with Crippen LogP contribution in [0.2, 0.25) is 0 Å². The number of carbonyl (C=O) groups excluding carboxylic acids is 2.